The lowest BCUT2D eigenvalue weighted by molar-refractivity contribution is -0.128. The van der Waals surface area contributed by atoms with Crippen LogP contribution in [0.5, 0.6) is 10.8 Å². The van der Waals surface area contributed by atoms with Crippen molar-refractivity contribution in [1.82, 2.24) is 4.90 Å². The largest absolute Gasteiger partial charge is 0.447 e. The average molecular weight is 347 g/mol. The number of carbonyl (C=O) groups is 2. The van der Waals surface area contributed by atoms with Crippen molar-refractivity contribution in [1.29, 1.82) is 0 Å². The highest BCUT2D eigenvalue weighted by Gasteiger charge is 2.30. The van der Waals surface area contributed by atoms with Crippen LogP contribution in [-0.2, 0) is 16.1 Å². The summed E-state index contributed by atoms with van der Waals surface area (Å²) in [6, 6.07) is 11.6. The molecule has 120 valence electrons. The summed E-state index contributed by atoms with van der Waals surface area (Å²) in [5.41, 5.74) is 1.06. The summed E-state index contributed by atoms with van der Waals surface area (Å²) in [6.07, 6.45) is 0.448. The van der Waals surface area contributed by atoms with Gasteiger partial charge in [0.1, 0.15) is 5.75 Å². The third-order valence-corrected chi connectivity index (χ3v) is 5.25. The number of hydrogen-bond donors (Lipinski definition) is 0. The van der Waals surface area contributed by atoms with Gasteiger partial charge in [0.2, 0.25) is 5.91 Å². The van der Waals surface area contributed by atoms with E-state index in [1.165, 1.54) is 11.8 Å². The lowest BCUT2D eigenvalue weighted by Crippen LogP contribution is -2.24. The second-order valence-electron chi connectivity index (χ2n) is 5.39. The van der Waals surface area contributed by atoms with Gasteiger partial charge in [-0.3, -0.25) is 9.59 Å². The van der Waals surface area contributed by atoms with Gasteiger partial charge in [-0.2, -0.15) is 0 Å². The van der Waals surface area contributed by atoms with E-state index in [1.54, 1.807) is 18.3 Å². The van der Waals surface area contributed by atoms with E-state index in [4.69, 9.17) is 4.74 Å². The number of amides is 1. The van der Waals surface area contributed by atoms with Crippen LogP contribution < -0.4 is 4.74 Å². The van der Waals surface area contributed by atoms with Gasteiger partial charge in [0.25, 0.3) is 0 Å². The molecule has 1 atom stereocenters. The highest BCUT2D eigenvalue weighted by Crippen LogP contribution is 2.28. The molecule has 4 nitrogen and oxygen atoms in total. The number of ether oxygens (including phenoxy) is 1. The Morgan fingerprint density at radius 1 is 1.35 bits per heavy atom. The summed E-state index contributed by atoms with van der Waals surface area (Å²) in [4.78, 5) is 25.0. The molecule has 1 fully saturated rings. The SMILES string of the molecule is CC(=O)SC1CC(=O)N(Cc2ccc(Oc3cccs3)cc2)C1. The maximum atomic E-state index is 12.0. The Labute approximate surface area is 143 Å². The Balaban J connectivity index is 1.58. The first-order valence-electron chi connectivity index (χ1n) is 7.35. The van der Waals surface area contributed by atoms with E-state index < -0.39 is 0 Å². The lowest BCUT2D eigenvalue weighted by atomic mass is 10.2. The summed E-state index contributed by atoms with van der Waals surface area (Å²) < 4.78 is 5.72. The van der Waals surface area contributed by atoms with Crippen molar-refractivity contribution < 1.29 is 14.3 Å². The summed E-state index contributed by atoms with van der Waals surface area (Å²) in [5, 5.41) is 2.98. The van der Waals surface area contributed by atoms with E-state index in [2.05, 4.69) is 0 Å². The summed E-state index contributed by atoms with van der Waals surface area (Å²) in [7, 11) is 0. The highest BCUT2D eigenvalue weighted by atomic mass is 32.2. The van der Waals surface area contributed by atoms with Gasteiger partial charge in [0.05, 0.1) is 0 Å². The number of likely N-dealkylation sites (tertiary alicyclic amines) is 1. The van der Waals surface area contributed by atoms with Crippen molar-refractivity contribution in [2.24, 2.45) is 0 Å². The molecule has 3 rings (SSSR count). The number of carbonyl (C=O) groups excluding carboxylic acids is 2. The molecule has 1 aliphatic heterocycles. The zero-order chi connectivity index (χ0) is 16.2. The van der Waals surface area contributed by atoms with E-state index in [0.717, 1.165) is 16.4 Å². The first kappa shape index (κ1) is 16.1. The predicted molar refractivity (Wildman–Crippen MR) is 92.9 cm³/mol. The number of benzene rings is 1. The van der Waals surface area contributed by atoms with Gasteiger partial charge in [0, 0.05) is 31.7 Å². The van der Waals surface area contributed by atoms with Crippen LogP contribution in [0.15, 0.2) is 41.8 Å². The minimum absolute atomic E-state index is 0.0692. The van der Waals surface area contributed by atoms with Crippen LogP contribution in [0.1, 0.15) is 18.9 Å². The molecule has 1 amide bonds. The normalized spacial score (nSPS) is 17.5. The fourth-order valence-electron chi connectivity index (χ4n) is 2.52. The second kappa shape index (κ2) is 7.19. The number of rotatable bonds is 5. The van der Waals surface area contributed by atoms with Crippen LogP contribution in [0.4, 0.5) is 0 Å². The monoisotopic (exact) mass is 347 g/mol. The molecule has 0 saturated carbocycles. The number of thioether (sulfide) groups is 1. The molecule has 1 aliphatic rings. The highest BCUT2D eigenvalue weighted by molar-refractivity contribution is 8.14. The number of thiophene rings is 1. The van der Waals surface area contributed by atoms with Crippen molar-refractivity contribution in [3.63, 3.8) is 0 Å². The lowest BCUT2D eigenvalue weighted by Gasteiger charge is -2.16. The molecule has 1 aromatic carbocycles. The van der Waals surface area contributed by atoms with Gasteiger partial charge in [-0.15, -0.1) is 11.3 Å². The number of hydrogen-bond acceptors (Lipinski definition) is 5. The first-order chi connectivity index (χ1) is 11.1. The fraction of sp³-hybridized carbons (Fsp3) is 0.294. The van der Waals surface area contributed by atoms with Gasteiger partial charge in [-0.05, 0) is 35.2 Å². The third kappa shape index (κ3) is 4.36. The molecule has 23 heavy (non-hydrogen) atoms. The quantitative estimate of drug-likeness (QED) is 0.822. The van der Waals surface area contributed by atoms with E-state index in [1.807, 2.05) is 46.7 Å². The summed E-state index contributed by atoms with van der Waals surface area (Å²) in [6.45, 7) is 2.76. The molecule has 0 radical (unpaired) electrons. The van der Waals surface area contributed by atoms with E-state index in [-0.39, 0.29) is 16.3 Å². The maximum Gasteiger partial charge on any atom is 0.224 e. The van der Waals surface area contributed by atoms with Crippen LogP contribution in [0, 0.1) is 0 Å². The summed E-state index contributed by atoms with van der Waals surface area (Å²) in [5.74, 6) is 0.900. The second-order valence-corrected chi connectivity index (χ2v) is 7.78. The Morgan fingerprint density at radius 2 is 2.13 bits per heavy atom. The summed E-state index contributed by atoms with van der Waals surface area (Å²) >= 11 is 2.81. The van der Waals surface area contributed by atoms with Crippen molar-refractivity contribution in [2.75, 3.05) is 6.54 Å². The van der Waals surface area contributed by atoms with Crippen LogP contribution in [-0.4, -0.2) is 27.7 Å². The minimum Gasteiger partial charge on any atom is -0.447 e. The smallest absolute Gasteiger partial charge is 0.224 e. The molecule has 2 aromatic rings. The van der Waals surface area contributed by atoms with Crippen molar-refractivity contribution >= 4 is 34.1 Å². The molecule has 2 heterocycles. The zero-order valence-corrected chi connectivity index (χ0v) is 14.4. The van der Waals surface area contributed by atoms with Gasteiger partial charge >= 0.3 is 0 Å². The maximum absolute atomic E-state index is 12.0. The molecular formula is C17H17NO3S2. The molecule has 6 heteroatoms. The standard InChI is InChI=1S/C17H17NO3S2/c1-12(19)23-15-9-16(20)18(11-15)10-13-4-6-14(7-5-13)21-17-3-2-8-22-17/h2-8,15H,9-11H2,1H3. The van der Waals surface area contributed by atoms with Crippen LogP contribution in [0.3, 0.4) is 0 Å². The van der Waals surface area contributed by atoms with Crippen LogP contribution in [0.2, 0.25) is 0 Å². The molecule has 0 bridgehead atoms. The first-order valence-corrected chi connectivity index (χ1v) is 9.11. The van der Waals surface area contributed by atoms with Crippen molar-refractivity contribution in [3.05, 3.63) is 47.3 Å². The van der Waals surface area contributed by atoms with E-state index >= 15 is 0 Å². The molecule has 0 spiro atoms. The molecule has 1 unspecified atom stereocenters. The Hall–Kier alpha value is -1.79. The fourth-order valence-corrected chi connectivity index (χ4v) is 4.07. The number of nitrogens with zero attached hydrogens (tertiary/aromatic N) is 1. The van der Waals surface area contributed by atoms with E-state index in [0.29, 0.717) is 19.5 Å². The van der Waals surface area contributed by atoms with Crippen molar-refractivity contribution in [3.8, 4) is 10.8 Å². The minimum atomic E-state index is 0.0692. The Kier molecular flexibility index (Phi) is 5.03. The van der Waals surface area contributed by atoms with Crippen molar-refractivity contribution in [2.45, 2.75) is 25.1 Å². The van der Waals surface area contributed by atoms with Gasteiger partial charge in [-0.25, -0.2) is 0 Å². The topological polar surface area (TPSA) is 46.6 Å². The third-order valence-electron chi connectivity index (χ3n) is 3.52. The molecule has 1 saturated heterocycles. The molecule has 1 aromatic heterocycles. The Morgan fingerprint density at radius 3 is 2.78 bits per heavy atom. The molecular weight excluding hydrogens is 330 g/mol. The predicted octanol–water partition coefficient (Wildman–Crippen LogP) is 3.92. The zero-order valence-electron chi connectivity index (χ0n) is 12.7. The average Bonchev–Trinajstić information content (AvgIpc) is 3.11. The molecule has 0 N–H and O–H groups in total. The van der Waals surface area contributed by atoms with Crippen LogP contribution >= 0.6 is 23.1 Å². The van der Waals surface area contributed by atoms with Gasteiger partial charge in [-0.1, -0.05) is 23.9 Å². The van der Waals surface area contributed by atoms with Gasteiger partial charge < -0.3 is 9.64 Å². The Bertz CT molecular complexity index is 682. The molecule has 0 aliphatic carbocycles. The van der Waals surface area contributed by atoms with Crippen LogP contribution in [0.25, 0.3) is 0 Å². The van der Waals surface area contributed by atoms with Gasteiger partial charge in [0.15, 0.2) is 10.2 Å². The van der Waals surface area contributed by atoms with E-state index in [9.17, 15) is 9.59 Å².